The largest absolute Gasteiger partial charge is 0.480 e. The van der Waals surface area contributed by atoms with E-state index in [9.17, 15) is 13.6 Å². The van der Waals surface area contributed by atoms with Crippen molar-refractivity contribution in [2.24, 2.45) is 0 Å². The molecule has 7 nitrogen and oxygen atoms in total. The molecule has 0 bridgehead atoms. The van der Waals surface area contributed by atoms with Gasteiger partial charge in [0, 0.05) is 21.8 Å². The number of anilines is 1. The molecule has 30 heavy (non-hydrogen) atoms. The van der Waals surface area contributed by atoms with Crippen molar-refractivity contribution in [2.45, 2.75) is 31.8 Å². The summed E-state index contributed by atoms with van der Waals surface area (Å²) in [6.45, 7) is -0.230. The number of fused-ring (bicyclic) bond motifs is 1. The quantitative estimate of drug-likeness (QED) is 0.551. The average Bonchev–Trinajstić information content (AvgIpc) is 3.12. The highest BCUT2D eigenvalue weighted by molar-refractivity contribution is 7.80. The molecular weight excluding hydrogens is 426 g/mol. The first-order valence-corrected chi connectivity index (χ1v) is 10.9. The Kier molecular flexibility index (Phi) is 5.90. The number of carbonyl (C=O) groups is 1. The first-order valence-electron chi connectivity index (χ1n) is 9.47. The molecule has 1 heterocycles. The Morgan fingerprint density at radius 1 is 1.27 bits per heavy atom. The summed E-state index contributed by atoms with van der Waals surface area (Å²) in [5.74, 6) is -0.974. The Bertz CT molecular complexity index is 1120. The Hall–Kier alpha value is -2.68. The molecule has 3 aromatic rings. The topological polar surface area (TPSA) is 95.7 Å². The van der Waals surface area contributed by atoms with Crippen LogP contribution in [0.5, 0.6) is 0 Å². The highest BCUT2D eigenvalue weighted by Crippen LogP contribution is 2.39. The van der Waals surface area contributed by atoms with Gasteiger partial charge in [-0.1, -0.05) is 41.9 Å². The highest BCUT2D eigenvalue weighted by Gasteiger charge is 2.32. The summed E-state index contributed by atoms with van der Waals surface area (Å²) < 4.78 is 25.5. The molecule has 0 saturated heterocycles. The van der Waals surface area contributed by atoms with Gasteiger partial charge in [0.25, 0.3) is 11.3 Å². The van der Waals surface area contributed by atoms with E-state index >= 15 is 0 Å². The van der Waals surface area contributed by atoms with Gasteiger partial charge in [-0.2, -0.15) is 5.10 Å². The average molecular weight is 446 g/mol. The summed E-state index contributed by atoms with van der Waals surface area (Å²) in [5, 5.41) is 13.9. The molecule has 2 unspecified atom stereocenters. The molecule has 0 spiro atoms. The Balaban J connectivity index is 1.74. The van der Waals surface area contributed by atoms with E-state index in [0.717, 1.165) is 28.8 Å². The molecule has 2 atom stereocenters. The molecule has 0 saturated carbocycles. The summed E-state index contributed by atoms with van der Waals surface area (Å²) in [6.07, 6.45) is 3.72. The number of hydrogen-bond donors (Lipinski definition) is 2. The van der Waals surface area contributed by atoms with Crippen LogP contribution in [-0.2, 0) is 29.0 Å². The number of aliphatic carboxylic acids is 1. The molecule has 0 radical (unpaired) electrons. The highest BCUT2D eigenvalue weighted by atomic mass is 35.5. The third-order valence-corrected chi connectivity index (χ3v) is 6.38. The van der Waals surface area contributed by atoms with Crippen molar-refractivity contribution in [2.75, 3.05) is 4.31 Å². The number of carboxylic acids is 1. The van der Waals surface area contributed by atoms with Crippen molar-refractivity contribution in [3.05, 3.63) is 71.0 Å². The second-order valence-electron chi connectivity index (χ2n) is 7.09. The number of carboxylic acid groups (broad SMARTS) is 1. The Morgan fingerprint density at radius 3 is 2.80 bits per heavy atom. The molecule has 156 valence electrons. The van der Waals surface area contributed by atoms with Crippen LogP contribution in [0.3, 0.4) is 0 Å². The minimum absolute atomic E-state index is 0.230. The molecule has 0 amide bonds. The zero-order valence-electron chi connectivity index (χ0n) is 15.9. The summed E-state index contributed by atoms with van der Waals surface area (Å²) in [6, 6.07) is 14.4. The number of hydrogen-bond acceptors (Lipinski definition) is 3. The van der Waals surface area contributed by atoms with Crippen molar-refractivity contribution >= 4 is 34.5 Å². The van der Waals surface area contributed by atoms with Gasteiger partial charge in [0.2, 0.25) is 0 Å². The molecule has 0 aliphatic heterocycles. The lowest BCUT2D eigenvalue weighted by Gasteiger charge is -2.33. The maximum atomic E-state index is 12.4. The third-order valence-electron chi connectivity index (χ3n) is 5.25. The standard InChI is InChI=1S/C21H20ClN3O4S/c22-18-8-2-1-7-16(18)14-5-3-6-15(11-14)25(30(28)29)20-10-4-9-19-17(20)12-23-24(19)13-21(26)27/h1-3,5-8,11-12,20H,4,9-10,13H2,(H,26,27)(H,28,29). The van der Waals surface area contributed by atoms with E-state index in [1.807, 2.05) is 36.4 Å². The number of benzene rings is 2. The lowest BCUT2D eigenvalue weighted by Crippen LogP contribution is -2.33. The molecule has 1 aliphatic carbocycles. The fraction of sp³-hybridized carbons (Fsp3) is 0.238. The van der Waals surface area contributed by atoms with E-state index in [4.69, 9.17) is 16.7 Å². The predicted octanol–water partition coefficient (Wildman–Crippen LogP) is 4.31. The van der Waals surface area contributed by atoms with E-state index in [0.29, 0.717) is 23.6 Å². The number of rotatable bonds is 6. The van der Waals surface area contributed by atoms with E-state index < -0.39 is 17.2 Å². The van der Waals surface area contributed by atoms with Gasteiger partial charge in [0.15, 0.2) is 0 Å². The second kappa shape index (κ2) is 8.59. The normalized spacial score (nSPS) is 16.7. The fourth-order valence-corrected chi connectivity index (χ4v) is 4.96. The van der Waals surface area contributed by atoms with Crippen LogP contribution < -0.4 is 4.31 Å². The van der Waals surface area contributed by atoms with Crippen molar-refractivity contribution in [3.8, 4) is 11.1 Å². The van der Waals surface area contributed by atoms with Crippen LogP contribution in [0.4, 0.5) is 5.69 Å². The smallest absolute Gasteiger partial charge is 0.325 e. The Labute approximate surface area is 181 Å². The van der Waals surface area contributed by atoms with E-state index in [-0.39, 0.29) is 12.6 Å². The van der Waals surface area contributed by atoms with Gasteiger partial charge in [-0.05, 0) is 43.0 Å². The first kappa shape index (κ1) is 20.6. The molecule has 2 aromatic carbocycles. The van der Waals surface area contributed by atoms with Crippen LogP contribution in [0.15, 0.2) is 54.7 Å². The van der Waals surface area contributed by atoms with Crippen molar-refractivity contribution in [3.63, 3.8) is 0 Å². The molecular formula is C21H20ClN3O4S. The van der Waals surface area contributed by atoms with Crippen molar-refractivity contribution < 1.29 is 18.7 Å². The van der Waals surface area contributed by atoms with Crippen LogP contribution in [0.1, 0.15) is 30.1 Å². The maximum absolute atomic E-state index is 12.4. The summed E-state index contributed by atoms with van der Waals surface area (Å²) >= 11 is 4.05. The minimum atomic E-state index is -2.28. The molecule has 2 N–H and O–H groups in total. The lowest BCUT2D eigenvalue weighted by molar-refractivity contribution is -0.137. The van der Waals surface area contributed by atoms with Gasteiger partial charge in [-0.15, -0.1) is 0 Å². The molecule has 4 rings (SSSR count). The van der Waals surface area contributed by atoms with Gasteiger partial charge >= 0.3 is 5.97 Å². The number of nitrogens with zero attached hydrogens (tertiary/aromatic N) is 3. The van der Waals surface area contributed by atoms with Gasteiger partial charge < -0.3 is 5.11 Å². The zero-order valence-corrected chi connectivity index (χ0v) is 17.5. The van der Waals surface area contributed by atoms with Gasteiger partial charge in [-0.3, -0.25) is 18.3 Å². The van der Waals surface area contributed by atoms with E-state index in [1.165, 1.54) is 8.99 Å². The second-order valence-corrected chi connectivity index (χ2v) is 8.35. The van der Waals surface area contributed by atoms with Gasteiger partial charge in [0.1, 0.15) is 6.54 Å². The SMILES string of the molecule is O=C(O)Cn1ncc2c1CCCC2N(c1cccc(-c2ccccc2Cl)c1)S(=O)O. The summed E-state index contributed by atoms with van der Waals surface area (Å²) in [7, 11) is 0. The minimum Gasteiger partial charge on any atom is -0.480 e. The number of halogens is 1. The molecule has 0 fully saturated rings. The third kappa shape index (κ3) is 3.98. The summed E-state index contributed by atoms with van der Waals surface area (Å²) in [5.41, 5.74) is 3.84. The monoisotopic (exact) mass is 445 g/mol. The van der Waals surface area contributed by atoms with Crippen molar-refractivity contribution in [1.29, 1.82) is 0 Å². The van der Waals surface area contributed by atoms with Gasteiger partial charge in [-0.25, -0.2) is 4.21 Å². The Morgan fingerprint density at radius 2 is 2.07 bits per heavy atom. The first-order chi connectivity index (χ1) is 14.5. The van der Waals surface area contributed by atoms with E-state index in [2.05, 4.69) is 5.10 Å². The molecule has 1 aliphatic rings. The number of aromatic nitrogens is 2. The van der Waals surface area contributed by atoms with Crippen molar-refractivity contribution in [1.82, 2.24) is 9.78 Å². The fourth-order valence-electron chi connectivity index (χ4n) is 3.99. The summed E-state index contributed by atoms with van der Waals surface area (Å²) in [4.78, 5) is 11.1. The van der Waals surface area contributed by atoms with Crippen LogP contribution >= 0.6 is 11.6 Å². The molecule has 9 heteroatoms. The molecule has 1 aromatic heterocycles. The maximum Gasteiger partial charge on any atom is 0.325 e. The van der Waals surface area contributed by atoms with Crippen LogP contribution in [0, 0.1) is 0 Å². The van der Waals surface area contributed by atoms with Crippen LogP contribution in [0.25, 0.3) is 11.1 Å². The van der Waals surface area contributed by atoms with Crippen LogP contribution in [-0.4, -0.2) is 29.6 Å². The van der Waals surface area contributed by atoms with Gasteiger partial charge in [0.05, 0.1) is 17.9 Å². The predicted molar refractivity (Wildman–Crippen MR) is 116 cm³/mol. The lowest BCUT2D eigenvalue weighted by atomic mass is 9.92. The zero-order chi connectivity index (χ0) is 21.3. The van der Waals surface area contributed by atoms with Crippen LogP contribution in [0.2, 0.25) is 5.02 Å². The van der Waals surface area contributed by atoms with E-state index in [1.54, 1.807) is 18.3 Å².